The largest absolute Gasteiger partial charge is 0.460 e. The Hall–Kier alpha value is -2.41. The maximum absolute atomic E-state index is 12.9. The van der Waals surface area contributed by atoms with E-state index in [9.17, 15) is 9.18 Å². The molecule has 0 bridgehead atoms. The molecule has 1 heterocycles. The van der Waals surface area contributed by atoms with Gasteiger partial charge < -0.3 is 15.4 Å². The number of carbonyl (C=O) groups is 1. The molecule has 1 aromatic carbocycles. The zero-order valence-corrected chi connectivity index (χ0v) is 14.9. The van der Waals surface area contributed by atoms with Crippen LogP contribution in [0.1, 0.15) is 31.2 Å². The molecule has 1 saturated carbocycles. The summed E-state index contributed by atoms with van der Waals surface area (Å²) in [6.07, 6.45) is 6.32. The molecule has 0 atom stereocenters. The Labute approximate surface area is 156 Å². The zero-order valence-electron chi connectivity index (χ0n) is 14.1. The molecule has 1 aromatic heterocycles. The SMILES string of the molecule is O=C(NCc1ccc(F)cc1)NC1CCC(Oc2ncc(Cl)cn2)CC1. The van der Waals surface area contributed by atoms with Crippen molar-refractivity contribution in [2.24, 2.45) is 0 Å². The molecule has 0 aliphatic heterocycles. The van der Waals surface area contributed by atoms with Gasteiger partial charge in [-0.3, -0.25) is 0 Å². The molecule has 26 heavy (non-hydrogen) atoms. The molecule has 1 aliphatic rings. The lowest BCUT2D eigenvalue weighted by molar-refractivity contribution is 0.129. The molecular formula is C18H20ClFN4O2. The topological polar surface area (TPSA) is 76.1 Å². The minimum absolute atomic E-state index is 0.0384. The highest BCUT2D eigenvalue weighted by atomic mass is 35.5. The van der Waals surface area contributed by atoms with Crippen LogP contribution in [-0.2, 0) is 6.54 Å². The summed E-state index contributed by atoms with van der Waals surface area (Å²) in [6, 6.07) is 6.26. The summed E-state index contributed by atoms with van der Waals surface area (Å²) in [4.78, 5) is 20.1. The third-order valence-electron chi connectivity index (χ3n) is 4.24. The average Bonchev–Trinajstić information content (AvgIpc) is 2.65. The third-order valence-corrected chi connectivity index (χ3v) is 4.44. The van der Waals surface area contributed by atoms with Crippen molar-refractivity contribution in [3.05, 3.63) is 53.1 Å². The van der Waals surface area contributed by atoms with Gasteiger partial charge >= 0.3 is 12.0 Å². The first-order valence-electron chi connectivity index (χ1n) is 8.51. The van der Waals surface area contributed by atoms with Crippen molar-refractivity contribution in [2.45, 2.75) is 44.4 Å². The summed E-state index contributed by atoms with van der Waals surface area (Å²) >= 11 is 5.75. The average molecular weight is 379 g/mol. The molecule has 0 saturated heterocycles. The van der Waals surface area contributed by atoms with Crippen LogP contribution in [0, 0.1) is 5.82 Å². The van der Waals surface area contributed by atoms with E-state index in [-0.39, 0.29) is 24.0 Å². The van der Waals surface area contributed by atoms with Crippen LogP contribution in [0.3, 0.4) is 0 Å². The number of amides is 2. The van der Waals surface area contributed by atoms with Gasteiger partial charge in [-0.25, -0.2) is 19.2 Å². The standard InChI is InChI=1S/C18H20ClFN4O2/c19-13-10-22-18(23-11-13)26-16-7-5-15(6-8-16)24-17(25)21-9-12-1-3-14(20)4-2-12/h1-4,10-11,15-16H,5-9H2,(H2,21,24,25). The second-order valence-electron chi connectivity index (χ2n) is 6.23. The van der Waals surface area contributed by atoms with Gasteiger partial charge in [-0.2, -0.15) is 0 Å². The number of rotatable bonds is 5. The van der Waals surface area contributed by atoms with Crippen LogP contribution in [-0.4, -0.2) is 28.1 Å². The fourth-order valence-corrected chi connectivity index (χ4v) is 2.95. The number of hydrogen-bond donors (Lipinski definition) is 2. The molecule has 2 aromatic rings. The number of nitrogens with one attached hydrogen (secondary N) is 2. The predicted molar refractivity (Wildman–Crippen MR) is 95.5 cm³/mol. The quantitative estimate of drug-likeness (QED) is 0.835. The minimum Gasteiger partial charge on any atom is -0.460 e. The number of hydrogen-bond acceptors (Lipinski definition) is 4. The highest BCUT2D eigenvalue weighted by Gasteiger charge is 2.24. The van der Waals surface area contributed by atoms with Gasteiger partial charge in [-0.1, -0.05) is 23.7 Å². The molecule has 8 heteroatoms. The van der Waals surface area contributed by atoms with Crippen molar-refractivity contribution in [1.82, 2.24) is 20.6 Å². The van der Waals surface area contributed by atoms with Crippen molar-refractivity contribution in [2.75, 3.05) is 0 Å². The highest BCUT2D eigenvalue weighted by Crippen LogP contribution is 2.22. The van der Waals surface area contributed by atoms with Crippen LogP contribution in [0.2, 0.25) is 5.02 Å². The first-order valence-corrected chi connectivity index (χ1v) is 8.89. The summed E-state index contributed by atoms with van der Waals surface area (Å²) in [5.41, 5.74) is 0.849. The van der Waals surface area contributed by atoms with Gasteiger partial charge in [0.05, 0.1) is 17.4 Å². The molecular weight excluding hydrogens is 359 g/mol. The van der Waals surface area contributed by atoms with Crippen molar-refractivity contribution in [3.8, 4) is 6.01 Å². The Morgan fingerprint density at radius 3 is 2.46 bits per heavy atom. The number of benzene rings is 1. The van der Waals surface area contributed by atoms with Gasteiger partial charge in [0.15, 0.2) is 0 Å². The summed E-state index contributed by atoms with van der Waals surface area (Å²) in [5.74, 6) is -0.291. The van der Waals surface area contributed by atoms with E-state index in [0.717, 1.165) is 31.2 Å². The molecule has 0 unspecified atom stereocenters. The van der Waals surface area contributed by atoms with Crippen LogP contribution in [0.15, 0.2) is 36.7 Å². The van der Waals surface area contributed by atoms with E-state index in [2.05, 4.69) is 20.6 Å². The molecule has 6 nitrogen and oxygen atoms in total. The van der Waals surface area contributed by atoms with Crippen molar-refractivity contribution >= 4 is 17.6 Å². The molecule has 1 aliphatic carbocycles. The smallest absolute Gasteiger partial charge is 0.316 e. The monoisotopic (exact) mass is 378 g/mol. The Kier molecular flexibility index (Phi) is 6.22. The minimum atomic E-state index is -0.291. The van der Waals surface area contributed by atoms with Crippen LogP contribution in [0.5, 0.6) is 6.01 Å². The number of halogens is 2. The Morgan fingerprint density at radius 2 is 1.81 bits per heavy atom. The highest BCUT2D eigenvalue weighted by molar-refractivity contribution is 6.30. The molecule has 1 fully saturated rings. The summed E-state index contributed by atoms with van der Waals surface area (Å²) in [5, 5.41) is 6.22. The number of nitrogens with zero attached hydrogens (tertiary/aromatic N) is 2. The van der Waals surface area contributed by atoms with E-state index in [1.165, 1.54) is 24.5 Å². The normalized spacial score (nSPS) is 19.6. The molecule has 3 rings (SSSR count). The van der Waals surface area contributed by atoms with Crippen LogP contribution in [0.25, 0.3) is 0 Å². The van der Waals surface area contributed by atoms with E-state index in [4.69, 9.17) is 16.3 Å². The molecule has 138 valence electrons. The van der Waals surface area contributed by atoms with Crippen LogP contribution < -0.4 is 15.4 Å². The molecule has 0 radical (unpaired) electrons. The lowest BCUT2D eigenvalue weighted by Gasteiger charge is -2.28. The van der Waals surface area contributed by atoms with Gasteiger partial charge in [-0.05, 0) is 43.4 Å². The Balaban J connectivity index is 1.37. The first kappa shape index (κ1) is 18.4. The Bertz CT molecular complexity index is 719. The number of aromatic nitrogens is 2. The summed E-state index contributed by atoms with van der Waals surface area (Å²) < 4.78 is 18.6. The molecule has 2 N–H and O–H groups in total. The molecule has 0 spiro atoms. The van der Waals surface area contributed by atoms with Gasteiger partial charge in [0.1, 0.15) is 11.9 Å². The number of urea groups is 1. The first-order chi connectivity index (χ1) is 12.6. The fraction of sp³-hybridized carbons (Fsp3) is 0.389. The second-order valence-corrected chi connectivity index (χ2v) is 6.67. The fourth-order valence-electron chi connectivity index (χ4n) is 2.86. The number of carbonyl (C=O) groups excluding carboxylic acids is 1. The summed E-state index contributed by atoms with van der Waals surface area (Å²) in [7, 11) is 0. The third kappa shape index (κ3) is 5.56. The Morgan fingerprint density at radius 1 is 1.15 bits per heavy atom. The van der Waals surface area contributed by atoms with Gasteiger partial charge in [0.25, 0.3) is 0 Å². The molecule has 2 amide bonds. The van der Waals surface area contributed by atoms with Gasteiger partial charge in [0.2, 0.25) is 0 Å². The zero-order chi connectivity index (χ0) is 18.4. The van der Waals surface area contributed by atoms with E-state index >= 15 is 0 Å². The van der Waals surface area contributed by atoms with E-state index in [0.29, 0.717) is 17.6 Å². The van der Waals surface area contributed by atoms with Crippen molar-refractivity contribution in [3.63, 3.8) is 0 Å². The van der Waals surface area contributed by atoms with Gasteiger partial charge in [-0.15, -0.1) is 0 Å². The second kappa shape index (κ2) is 8.80. The van der Waals surface area contributed by atoms with E-state index < -0.39 is 0 Å². The maximum atomic E-state index is 12.9. The van der Waals surface area contributed by atoms with E-state index in [1.807, 2.05) is 0 Å². The lowest BCUT2D eigenvalue weighted by atomic mass is 9.93. The van der Waals surface area contributed by atoms with Crippen LogP contribution in [0.4, 0.5) is 9.18 Å². The summed E-state index contributed by atoms with van der Waals surface area (Å²) in [6.45, 7) is 0.360. The van der Waals surface area contributed by atoms with E-state index in [1.54, 1.807) is 12.1 Å². The number of ether oxygens (including phenoxy) is 1. The van der Waals surface area contributed by atoms with Crippen molar-refractivity contribution in [1.29, 1.82) is 0 Å². The van der Waals surface area contributed by atoms with Gasteiger partial charge in [0, 0.05) is 12.6 Å². The predicted octanol–water partition coefficient (Wildman–Crippen LogP) is 3.46. The van der Waals surface area contributed by atoms with Crippen molar-refractivity contribution < 1.29 is 13.9 Å². The van der Waals surface area contributed by atoms with Crippen LogP contribution >= 0.6 is 11.6 Å². The lowest BCUT2D eigenvalue weighted by Crippen LogP contribution is -2.44. The maximum Gasteiger partial charge on any atom is 0.316 e.